The Labute approximate surface area is 127 Å². The molecule has 1 N–H and O–H groups in total. The molecule has 6 nitrogen and oxygen atoms in total. The first-order valence-electron chi connectivity index (χ1n) is 7.73. The number of esters is 1. The molecule has 2 unspecified atom stereocenters. The fourth-order valence-electron chi connectivity index (χ4n) is 3.56. The van der Waals surface area contributed by atoms with Crippen LogP contribution in [0.5, 0.6) is 0 Å². The van der Waals surface area contributed by atoms with Crippen LogP contribution in [0.3, 0.4) is 0 Å². The highest BCUT2D eigenvalue weighted by atomic mass is 16.5. The predicted molar refractivity (Wildman–Crippen MR) is 82.8 cm³/mol. The van der Waals surface area contributed by atoms with E-state index in [1.54, 1.807) is 0 Å². The van der Waals surface area contributed by atoms with Gasteiger partial charge in [0.25, 0.3) is 0 Å². The summed E-state index contributed by atoms with van der Waals surface area (Å²) >= 11 is 0. The van der Waals surface area contributed by atoms with Gasteiger partial charge in [-0.3, -0.25) is 4.79 Å². The highest BCUT2D eigenvalue weighted by molar-refractivity contribution is 5.81. The number of ether oxygens (including phenoxy) is 1. The molecular formula is C15H28N4O2. The Hall–Kier alpha value is -1.26. The van der Waals surface area contributed by atoms with Crippen molar-refractivity contribution in [3.63, 3.8) is 0 Å². The summed E-state index contributed by atoms with van der Waals surface area (Å²) in [5, 5.41) is 6.98. The number of hydrogen-bond donors (Lipinski definition) is 1. The number of nitrogens with zero attached hydrogens (tertiary/aromatic N) is 3. The van der Waals surface area contributed by atoms with Gasteiger partial charge in [-0.25, -0.2) is 0 Å². The molecule has 120 valence electrons. The van der Waals surface area contributed by atoms with E-state index in [0.29, 0.717) is 13.1 Å². The maximum absolute atomic E-state index is 12.5. The zero-order chi connectivity index (χ0) is 15.9. The number of azide groups is 1. The zero-order valence-electron chi connectivity index (χ0n) is 13.7. The quantitative estimate of drug-likeness (QED) is 0.268. The Kier molecular flexibility index (Phi) is 6.49. The molecule has 0 amide bonds. The fraction of sp³-hybridized carbons (Fsp3) is 0.933. The minimum Gasteiger partial charge on any atom is -0.468 e. The van der Waals surface area contributed by atoms with Gasteiger partial charge in [0, 0.05) is 11.5 Å². The highest BCUT2D eigenvalue weighted by Gasteiger charge is 2.51. The van der Waals surface area contributed by atoms with Gasteiger partial charge in [-0.05, 0) is 42.7 Å². The van der Waals surface area contributed by atoms with Crippen LogP contribution in [-0.4, -0.2) is 31.7 Å². The van der Waals surface area contributed by atoms with Crippen LogP contribution in [0.2, 0.25) is 0 Å². The Morgan fingerprint density at radius 3 is 2.76 bits per heavy atom. The van der Waals surface area contributed by atoms with Crippen molar-refractivity contribution in [3.8, 4) is 0 Å². The second-order valence-corrected chi connectivity index (χ2v) is 6.86. The van der Waals surface area contributed by atoms with Gasteiger partial charge in [0.05, 0.1) is 7.11 Å². The summed E-state index contributed by atoms with van der Waals surface area (Å²) in [7, 11) is 1.46. The molecule has 0 bridgehead atoms. The van der Waals surface area contributed by atoms with Gasteiger partial charge in [-0.1, -0.05) is 38.7 Å². The van der Waals surface area contributed by atoms with Crippen molar-refractivity contribution in [2.45, 2.75) is 58.4 Å². The average Bonchev–Trinajstić information content (AvgIpc) is 2.45. The molecule has 6 heteroatoms. The topological polar surface area (TPSA) is 87.1 Å². The lowest BCUT2D eigenvalue weighted by Crippen LogP contribution is -2.62. The minimum absolute atomic E-state index is 0.0341. The maximum Gasteiger partial charge on any atom is 0.326 e. The van der Waals surface area contributed by atoms with Crippen LogP contribution < -0.4 is 5.32 Å². The molecule has 0 heterocycles. The van der Waals surface area contributed by atoms with Gasteiger partial charge >= 0.3 is 5.97 Å². The Morgan fingerprint density at radius 1 is 1.48 bits per heavy atom. The van der Waals surface area contributed by atoms with E-state index in [9.17, 15) is 4.79 Å². The molecule has 0 saturated heterocycles. The lowest BCUT2D eigenvalue weighted by atomic mass is 9.62. The second kappa shape index (κ2) is 7.66. The van der Waals surface area contributed by atoms with Crippen LogP contribution in [0, 0.1) is 11.3 Å². The number of nitrogens with one attached hydrogen (secondary N) is 1. The van der Waals surface area contributed by atoms with Crippen molar-refractivity contribution in [2.24, 2.45) is 16.4 Å². The second-order valence-electron chi connectivity index (χ2n) is 6.86. The molecule has 0 aromatic carbocycles. The summed E-state index contributed by atoms with van der Waals surface area (Å²) in [6.45, 7) is 7.65. The standard InChI is InChI=1S/C15H28N4O2/c1-14(2,3)12-8-5-6-9-15(12,13(20)21-4)17-10-7-11-18-19-16/h12,17H,5-11H2,1-4H3. The molecule has 0 radical (unpaired) electrons. The van der Waals surface area contributed by atoms with E-state index in [-0.39, 0.29) is 17.3 Å². The third-order valence-corrected chi connectivity index (χ3v) is 4.44. The van der Waals surface area contributed by atoms with Gasteiger partial charge < -0.3 is 10.1 Å². The zero-order valence-corrected chi connectivity index (χ0v) is 13.7. The summed E-state index contributed by atoms with van der Waals surface area (Å²) in [6, 6.07) is 0. The van der Waals surface area contributed by atoms with Gasteiger partial charge in [-0.15, -0.1) is 0 Å². The molecule has 0 spiro atoms. The fourth-order valence-corrected chi connectivity index (χ4v) is 3.56. The third-order valence-electron chi connectivity index (χ3n) is 4.44. The van der Waals surface area contributed by atoms with Crippen LogP contribution in [0.25, 0.3) is 10.4 Å². The first-order chi connectivity index (χ1) is 9.88. The van der Waals surface area contributed by atoms with Crippen molar-refractivity contribution < 1.29 is 9.53 Å². The first-order valence-corrected chi connectivity index (χ1v) is 7.73. The van der Waals surface area contributed by atoms with Crippen molar-refractivity contribution in [1.82, 2.24) is 5.32 Å². The first kappa shape index (κ1) is 17.8. The molecule has 0 aromatic heterocycles. The molecule has 21 heavy (non-hydrogen) atoms. The monoisotopic (exact) mass is 296 g/mol. The SMILES string of the molecule is COC(=O)C1(NCCCN=[N+]=[N-])CCCCC1C(C)(C)C. The predicted octanol–water partition coefficient (Wildman–Crippen LogP) is 3.42. The lowest BCUT2D eigenvalue weighted by molar-refractivity contribution is -0.156. The Balaban J connectivity index is 2.89. The van der Waals surface area contributed by atoms with Gasteiger partial charge in [-0.2, -0.15) is 0 Å². The molecule has 0 aliphatic heterocycles. The molecule has 1 aliphatic carbocycles. The van der Waals surface area contributed by atoms with Gasteiger partial charge in [0.1, 0.15) is 5.54 Å². The summed E-state index contributed by atoms with van der Waals surface area (Å²) in [5.74, 6) is 0.0802. The van der Waals surface area contributed by atoms with Gasteiger partial charge in [0.2, 0.25) is 0 Å². The van der Waals surface area contributed by atoms with Gasteiger partial charge in [0.15, 0.2) is 0 Å². The Bertz CT molecular complexity index is 399. The summed E-state index contributed by atoms with van der Waals surface area (Å²) < 4.78 is 5.11. The molecule has 1 rings (SSSR count). The van der Waals surface area contributed by atoms with Crippen molar-refractivity contribution in [2.75, 3.05) is 20.2 Å². The van der Waals surface area contributed by atoms with Crippen LogP contribution in [0.15, 0.2) is 5.11 Å². The normalized spacial score (nSPS) is 26.0. The van der Waals surface area contributed by atoms with E-state index in [0.717, 1.165) is 32.1 Å². The van der Waals surface area contributed by atoms with Crippen LogP contribution in [0.4, 0.5) is 0 Å². The summed E-state index contributed by atoms with van der Waals surface area (Å²) in [5.41, 5.74) is 7.73. The van der Waals surface area contributed by atoms with E-state index < -0.39 is 5.54 Å². The van der Waals surface area contributed by atoms with E-state index in [4.69, 9.17) is 10.3 Å². The Morgan fingerprint density at radius 2 is 2.19 bits per heavy atom. The third kappa shape index (κ3) is 4.35. The van der Waals surface area contributed by atoms with E-state index in [1.807, 2.05) is 0 Å². The molecule has 2 atom stereocenters. The largest absolute Gasteiger partial charge is 0.468 e. The summed E-state index contributed by atoms with van der Waals surface area (Å²) in [4.78, 5) is 15.2. The average molecular weight is 296 g/mol. The molecule has 1 saturated carbocycles. The maximum atomic E-state index is 12.5. The smallest absolute Gasteiger partial charge is 0.326 e. The number of carbonyl (C=O) groups is 1. The number of carbonyl (C=O) groups excluding carboxylic acids is 1. The van der Waals surface area contributed by atoms with E-state index >= 15 is 0 Å². The minimum atomic E-state index is -0.610. The number of methoxy groups -OCH3 is 1. The summed E-state index contributed by atoms with van der Waals surface area (Å²) in [6.07, 6.45) is 4.75. The lowest BCUT2D eigenvalue weighted by Gasteiger charge is -2.48. The molecule has 0 aromatic rings. The van der Waals surface area contributed by atoms with Crippen LogP contribution in [0.1, 0.15) is 52.9 Å². The molecular weight excluding hydrogens is 268 g/mol. The molecule has 1 aliphatic rings. The van der Waals surface area contributed by atoms with Crippen molar-refractivity contribution in [3.05, 3.63) is 10.4 Å². The van der Waals surface area contributed by atoms with Crippen LogP contribution >= 0.6 is 0 Å². The van der Waals surface area contributed by atoms with E-state index in [2.05, 4.69) is 36.1 Å². The van der Waals surface area contributed by atoms with Crippen molar-refractivity contribution >= 4 is 5.97 Å². The highest BCUT2D eigenvalue weighted by Crippen LogP contribution is 2.45. The van der Waals surface area contributed by atoms with Crippen molar-refractivity contribution in [1.29, 1.82) is 0 Å². The molecule has 1 fully saturated rings. The number of hydrogen-bond acceptors (Lipinski definition) is 4. The number of rotatable bonds is 6. The van der Waals surface area contributed by atoms with E-state index in [1.165, 1.54) is 7.11 Å². The van der Waals surface area contributed by atoms with Crippen LogP contribution in [-0.2, 0) is 9.53 Å².